The van der Waals surface area contributed by atoms with Gasteiger partial charge in [0.15, 0.2) is 5.16 Å². The van der Waals surface area contributed by atoms with Crippen molar-refractivity contribution in [3.8, 4) is 10.6 Å². The number of esters is 1. The average molecular weight is 442 g/mol. The van der Waals surface area contributed by atoms with Gasteiger partial charge in [-0.1, -0.05) is 11.8 Å². The van der Waals surface area contributed by atoms with E-state index >= 15 is 0 Å². The molecule has 0 aliphatic heterocycles. The fourth-order valence-corrected chi connectivity index (χ4v) is 5.97. The van der Waals surface area contributed by atoms with Gasteiger partial charge in [-0.05, 0) is 35.2 Å². The second-order valence-electron chi connectivity index (χ2n) is 5.16. The Morgan fingerprint density at radius 2 is 2.04 bits per heavy atom. The summed E-state index contributed by atoms with van der Waals surface area (Å²) in [4.78, 5) is 21.3. The van der Waals surface area contributed by atoms with Gasteiger partial charge in [-0.3, -0.25) is 9.52 Å². The number of sulfonamides is 1. The number of thiophene rings is 2. The Morgan fingerprint density at radius 3 is 2.78 bits per heavy atom. The number of hydrogen-bond acceptors (Lipinski definition) is 9. The second-order valence-corrected chi connectivity index (χ2v) is 9.50. The molecule has 3 heterocycles. The Balaban J connectivity index is 1.93. The molecule has 142 valence electrons. The fourth-order valence-electron chi connectivity index (χ4n) is 2.23. The van der Waals surface area contributed by atoms with E-state index < -0.39 is 16.0 Å². The van der Waals surface area contributed by atoms with E-state index in [4.69, 9.17) is 0 Å². The third-order valence-electron chi connectivity index (χ3n) is 3.49. The van der Waals surface area contributed by atoms with Crippen molar-refractivity contribution in [2.75, 3.05) is 18.1 Å². The van der Waals surface area contributed by atoms with E-state index in [1.54, 1.807) is 29.1 Å². The maximum absolute atomic E-state index is 13.0. The Hall–Kier alpha value is -1.95. The molecule has 0 unspecified atom stereocenters. The first-order chi connectivity index (χ1) is 12.9. The van der Waals surface area contributed by atoms with Crippen LogP contribution >= 0.6 is 34.4 Å². The number of aromatic nitrogens is 2. The number of carbonyl (C=O) groups is 1. The summed E-state index contributed by atoms with van der Waals surface area (Å²) in [6.45, 7) is 0. The quantitative estimate of drug-likeness (QED) is 0.340. The van der Waals surface area contributed by atoms with Crippen LogP contribution in [0.1, 0.15) is 4.88 Å². The summed E-state index contributed by atoms with van der Waals surface area (Å²) >= 11 is 3.96. The Kier molecular flexibility index (Phi) is 6.15. The Bertz CT molecular complexity index is 1060. The third kappa shape index (κ3) is 4.49. The molecule has 11 heteroatoms. The van der Waals surface area contributed by atoms with Crippen LogP contribution in [0.3, 0.4) is 0 Å². The average Bonchev–Trinajstić information content (AvgIpc) is 3.31. The van der Waals surface area contributed by atoms with Gasteiger partial charge in [-0.15, -0.1) is 22.7 Å². The molecule has 0 aromatic carbocycles. The number of hydrogen-bond donors (Lipinski definition) is 1. The van der Waals surface area contributed by atoms with Gasteiger partial charge in [0, 0.05) is 11.1 Å². The minimum absolute atomic E-state index is 0.00546. The van der Waals surface area contributed by atoms with Crippen molar-refractivity contribution in [3.63, 3.8) is 0 Å². The molecule has 0 bridgehead atoms. The molecule has 3 aromatic heterocycles. The summed E-state index contributed by atoms with van der Waals surface area (Å²) in [7, 11) is -2.56. The van der Waals surface area contributed by atoms with Crippen molar-refractivity contribution >= 4 is 56.1 Å². The number of methoxy groups -OCH3 is 1. The highest BCUT2D eigenvalue weighted by molar-refractivity contribution is 7.98. The van der Waals surface area contributed by atoms with Gasteiger partial charge in [0.05, 0.1) is 29.8 Å². The first-order valence-corrected chi connectivity index (χ1v) is 12.0. The molecule has 0 radical (unpaired) electrons. The van der Waals surface area contributed by atoms with Gasteiger partial charge < -0.3 is 4.74 Å². The van der Waals surface area contributed by atoms with E-state index in [0.29, 0.717) is 26.3 Å². The topological polar surface area (TPSA) is 98.2 Å². The molecule has 0 fully saturated rings. The summed E-state index contributed by atoms with van der Waals surface area (Å²) in [6.07, 6.45) is 3.46. The molecule has 0 atom stereocenters. The van der Waals surface area contributed by atoms with E-state index in [-0.39, 0.29) is 11.3 Å². The highest BCUT2D eigenvalue weighted by atomic mass is 32.2. The van der Waals surface area contributed by atoms with Crippen LogP contribution in [0, 0.1) is 0 Å². The van der Waals surface area contributed by atoms with Crippen LogP contribution < -0.4 is 4.72 Å². The zero-order valence-electron chi connectivity index (χ0n) is 14.3. The molecule has 1 N–H and O–H groups in total. The predicted molar refractivity (Wildman–Crippen MR) is 108 cm³/mol. The smallest absolute Gasteiger partial charge is 0.310 e. The molecule has 3 rings (SSSR count). The largest absolute Gasteiger partial charge is 0.469 e. The van der Waals surface area contributed by atoms with Crippen molar-refractivity contribution in [1.82, 2.24) is 9.97 Å². The minimum atomic E-state index is -3.86. The maximum Gasteiger partial charge on any atom is 0.310 e. The van der Waals surface area contributed by atoms with E-state index in [9.17, 15) is 13.2 Å². The van der Waals surface area contributed by atoms with Gasteiger partial charge in [-0.2, -0.15) is 0 Å². The van der Waals surface area contributed by atoms with E-state index in [2.05, 4.69) is 19.4 Å². The Morgan fingerprint density at radius 1 is 1.26 bits per heavy atom. The van der Waals surface area contributed by atoms with Crippen molar-refractivity contribution in [2.24, 2.45) is 0 Å². The normalized spacial score (nSPS) is 11.3. The lowest BCUT2D eigenvalue weighted by atomic mass is 10.3. The lowest BCUT2D eigenvalue weighted by molar-refractivity contribution is -0.139. The Labute approximate surface area is 168 Å². The fraction of sp³-hybridized carbons (Fsp3) is 0.188. The molecule has 0 aliphatic rings. The molecule has 7 nitrogen and oxygen atoms in total. The van der Waals surface area contributed by atoms with Crippen LogP contribution in [-0.4, -0.2) is 37.7 Å². The van der Waals surface area contributed by atoms with Crippen molar-refractivity contribution in [3.05, 3.63) is 40.0 Å². The number of thioether (sulfide) groups is 1. The van der Waals surface area contributed by atoms with Crippen LogP contribution in [0.15, 0.2) is 45.2 Å². The number of nitrogens with one attached hydrogen (secondary N) is 1. The summed E-state index contributed by atoms with van der Waals surface area (Å²) in [5, 5.41) is 3.99. The number of rotatable bonds is 7. The highest BCUT2D eigenvalue weighted by Gasteiger charge is 2.24. The van der Waals surface area contributed by atoms with Gasteiger partial charge in [0.1, 0.15) is 4.90 Å². The molecule has 0 spiro atoms. The van der Waals surface area contributed by atoms with Gasteiger partial charge in [0.25, 0.3) is 10.0 Å². The molecule has 0 aliphatic carbocycles. The molecule has 0 amide bonds. The van der Waals surface area contributed by atoms with Gasteiger partial charge in [0.2, 0.25) is 0 Å². The summed E-state index contributed by atoms with van der Waals surface area (Å²) in [5.74, 6) is -0.431. The summed E-state index contributed by atoms with van der Waals surface area (Å²) in [5.41, 5.74) is 0.917. The lowest BCUT2D eigenvalue weighted by Gasteiger charge is -2.09. The van der Waals surface area contributed by atoms with E-state index in [0.717, 1.165) is 0 Å². The molecular weight excluding hydrogens is 426 g/mol. The third-order valence-corrected chi connectivity index (χ3v) is 7.45. The zero-order chi connectivity index (χ0) is 19.4. The SMILES string of the molecule is COC(=O)Cc1sccc1NS(=O)(=O)c1ccsc1-c1ccnc(SC)n1. The summed E-state index contributed by atoms with van der Waals surface area (Å²) < 4.78 is 33.1. The monoisotopic (exact) mass is 441 g/mol. The van der Waals surface area contributed by atoms with E-state index in [1.165, 1.54) is 47.6 Å². The van der Waals surface area contributed by atoms with Crippen LogP contribution in [0.5, 0.6) is 0 Å². The van der Waals surface area contributed by atoms with Crippen molar-refractivity contribution in [1.29, 1.82) is 0 Å². The first kappa shape index (κ1) is 19.8. The standard InChI is InChI=1S/C16H15N3O4S4/c1-23-14(20)9-12-10(4-7-25-12)19-27(21,22)13-5-8-26-15(13)11-3-6-17-16(18-11)24-2/h3-8,19H,9H2,1-2H3. The van der Waals surface area contributed by atoms with Crippen LogP contribution in [0.4, 0.5) is 5.69 Å². The second kappa shape index (κ2) is 8.38. The minimum Gasteiger partial charge on any atom is -0.469 e. The molecule has 27 heavy (non-hydrogen) atoms. The number of anilines is 1. The maximum atomic E-state index is 13.0. The molecular formula is C16H15N3O4S4. The predicted octanol–water partition coefficient (Wildman–Crippen LogP) is 3.50. The van der Waals surface area contributed by atoms with Crippen molar-refractivity contribution in [2.45, 2.75) is 16.5 Å². The molecule has 0 saturated carbocycles. The first-order valence-electron chi connectivity index (χ1n) is 7.55. The molecule has 0 saturated heterocycles. The van der Waals surface area contributed by atoms with Crippen LogP contribution in [0.25, 0.3) is 10.6 Å². The van der Waals surface area contributed by atoms with E-state index in [1.807, 2.05) is 6.26 Å². The van der Waals surface area contributed by atoms with Gasteiger partial charge >= 0.3 is 5.97 Å². The number of carbonyl (C=O) groups excluding carboxylic acids is 1. The lowest BCUT2D eigenvalue weighted by Crippen LogP contribution is -2.14. The van der Waals surface area contributed by atoms with Crippen molar-refractivity contribution < 1.29 is 17.9 Å². The highest BCUT2D eigenvalue weighted by Crippen LogP contribution is 2.34. The van der Waals surface area contributed by atoms with Crippen LogP contribution in [0.2, 0.25) is 0 Å². The molecule has 3 aromatic rings. The van der Waals surface area contributed by atoms with Crippen LogP contribution in [-0.2, 0) is 26.0 Å². The summed E-state index contributed by atoms with van der Waals surface area (Å²) in [6, 6.07) is 4.84. The zero-order valence-corrected chi connectivity index (χ0v) is 17.6. The number of ether oxygens (including phenoxy) is 1. The number of nitrogens with zero attached hydrogens (tertiary/aromatic N) is 2. The van der Waals surface area contributed by atoms with Gasteiger partial charge in [-0.25, -0.2) is 18.4 Å².